The number of aryl methyl sites for hydroxylation is 1. The topological polar surface area (TPSA) is 55.6 Å². The third-order valence-corrected chi connectivity index (χ3v) is 2.64. The van der Waals surface area contributed by atoms with E-state index < -0.39 is 0 Å². The fourth-order valence-corrected chi connectivity index (χ4v) is 1.79. The van der Waals surface area contributed by atoms with Crippen molar-refractivity contribution < 1.29 is 0 Å². The Balaban J connectivity index is 2.24. The molecule has 2 heterocycles. The predicted molar refractivity (Wildman–Crippen MR) is 72.3 cm³/mol. The molecule has 0 aliphatic carbocycles. The van der Waals surface area contributed by atoms with E-state index in [4.69, 9.17) is 0 Å². The summed E-state index contributed by atoms with van der Waals surface area (Å²) in [6.07, 6.45) is 5.54. The Bertz CT molecular complexity index is 492. The van der Waals surface area contributed by atoms with Gasteiger partial charge in [0, 0.05) is 25.4 Å². The van der Waals surface area contributed by atoms with Gasteiger partial charge in [0.1, 0.15) is 12.1 Å². The van der Waals surface area contributed by atoms with Crippen molar-refractivity contribution in [1.29, 1.82) is 0 Å². The third kappa shape index (κ3) is 2.85. The van der Waals surface area contributed by atoms with E-state index in [2.05, 4.69) is 34.2 Å². The van der Waals surface area contributed by atoms with Crippen LogP contribution < -0.4 is 5.32 Å². The number of hydrogen-bond donors (Lipinski definition) is 1. The second-order valence-corrected chi connectivity index (χ2v) is 4.15. The molecule has 96 valence electrons. The number of anilines is 1. The van der Waals surface area contributed by atoms with E-state index in [0.717, 1.165) is 43.1 Å². The fourth-order valence-electron chi connectivity index (χ4n) is 1.79. The Kier molecular flexibility index (Phi) is 4.28. The van der Waals surface area contributed by atoms with Crippen molar-refractivity contribution in [2.24, 2.45) is 0 Å². The highest BCUT2D eigenvalue weighted by molar-refractivity contribution is 5.58. The number of rotatable bonds is 6. The molecule has 18 heavy (non-hydrogen) atoms. The lowest BCUT2D eigenvalue weighted by atomic mass is 10.3. The molecule has 0 amide bonds. The van der Waals surface area contributed by atoms with Crippen LogP contribution in [0.25, 0.3) is 11.4 Å². The minimum atomic E-state index is 0.867. The Hall–Kier alpha value is -1.91. The third-order valence-electron chi connectivity index (χ3n) is 2.64. The summed E-state index contributed by atoms with van der Waals surface area (Å²) in [5.41, 5.74) is 1.95. The molecule has 0 saturated heterocycles. The molecular formula is C13H19N5. The maximum atomic E-state index is 4.32. The molecule has 2 aromatic heterocycles. The van der Waals surface area contributed by atoms with Crippen LogP contribution in [0.1, 0.15) is 26.7 Å². The first kappa shape index (κ1) is 12.5. The average Bonchev–Trinajstić information content (AvgIpc) is 2.85. The summed E-state index contributed by atoms with van der Waals surface area (Å²) in [5, 5.41) is 7.58. The Morgan fingerprint density at radius 1 is 1.22 bits per heavy atom. The van der Waals surface area contributed by atoms with Crippen LogP contribution in [0.3, 0.4) is 0 Å². The largest absolute Gasteiger partial charge is 0.370 e. The van der Waals surface area contributed by atoms with Crippen LogP contribution in [-0.4, -0.2) is 26.3 Å². The number of hydrogen-bond acceptors (Lipinski definition) is 4. The van der Waals surface area contributed by atoms with Gasteiger partial charge in [-0.1, -0.05) is 13.8 Å². The molecule has 2 aromatic rings. The molecule has 0 spiro atoms. The van der Waals surface area contributed by atoms with Gasteiger partial charge in [0.15, 0.2) is 0 Å². The molecule has 2 rings (SSSR count). The van der Waals surface area contributed by atoms with E-state index in [1.165, 1.54) is 0 Å². The average molecular weight is 245 g/mol. The van der Waals surface area contributed by atoms with E-state index in [1.54, 1.807) is 6.33 Å². The summed E-state index contributed by atoms with van der Waals surface area (Å²) in [7, 11) is 0. The van der Waals surface area contributed by atoms with Gasteiger partial charge in [-0.05, 0) is 18.9 Å². The van der Waals surface area contributed by atoms with Gasteiger partial charge in [0.2, 0.25) is 0 Å². The lowest BCUT2D eigenvalue weighted by molar-refractivity contribution is 0.608. The molecule has 0 fully saturated rings. The van der Waals surface area contributed by atoms with Gasteiger partial charge >= 0.3 is 0 Å². The van der Waals surface area contributed by atoms with Gasteiger partial charge in [0.25, 0.3) is 0 Å². The minimum Gasteiger partial charge on any atom is -0.370 e. The predicted octanol–water partition coefficient (Wildman–Crippen LogP) is 2.57. The lowest BCUT2D eigenvalue weighted by Gasteiger charge is -2.07. The van der Waals surface area contributed by atoms with Crippen molar-refractivity contribution in [3.8, 4) is 11.4 Å². The van der Waals surface area contributed by atoms with Crippen LogP contribution in [0.5, 0.6) is 0 Å². The quantitative estimate of drug-likeness (QED) is 0.849. The van der Waals surface area contributed by atoms with Gasteiger partial charge in [-0.3, -0.25) is 4.68 Å². The van der Waals surface area contributed by atoms with Crippen molar-refractivity contribution in [2.75, 3.05) is 11.9 Å². The number of aromatic nitrogens is 4. The van der Waals surface area contributed by atoms with Crippen LogP contribution >= 0.6 is 0 Å². The van der Waals surface area contributed by atoms with Gasteiger partial charge in [-0.2, -0.15) is 5.10 Å². The maximum Gasteiger partial charge on any atom is 0.130 e. The zero-order chi connectivity index (χ0) is 12.8. The molecule has 0 saturated carbocycles. The van der Waals surface area contributed by atoms with Gasteiger partial charge in [-0.25, -0.2) is 9.97 Å². The molecule has 0 bridgehead atoms. The Labute approximate surface area is 107 Å². The molecule has 0 aliphatic heterocycles. The van der Waals surface area contributed by atoms with E-state index in [9.17, 15) is 0 Å². The first-order chi connectivity index (χ1) is 8.85. The molecule has 5 heteroatoms. The van der Waals surface area contributed by atoms with E-state index in [0.29, 0.717) is 0 Å². The Morgan fingerprint density at radius 3 is 2.89 bits per heavy atom. The second-order valence-electron chi connectivity index (χ2n) is 4.15. The van der Waals surface area contributed by atoms with Crippen LogP contribution in [0.2, 0.25) is 0 Å². The number of nitrogens with one attached hydrogen (secondary N) is 1. The standard InChI is InChI=1S/C13H19N5/c1-3-6-14-13-9-11(15-10-16-13)12-5-7-17-18(12)8-4-2/h5,7,9-10H,3-4,6,8H2,1-2H3,(H,14,15,16). The second kappa shape index (κ2) is 6.14. The maximum absolute atomic E-state index is 4.32. The summed E-state index contributed by atoms with van der Waals surface area (Å²) >= 11 is 0. The van der Waals surface area contributed by atoms with Crippen LogP contribution in [0, 0.1) is 0 Å². The summed E-state index contributed by atoms with van der Waals surface area (Å²) in [6, 6.07) is 3.96. The zero-order valence-electron chi connectivity index (χ0n) is 10.9. The molecule has 0 aliphatic rings. The molecule has 1 N–H and O–H groups in total. The summed E-state index contributed by atoms with van der Waals surface area (Å²) in [6.45, 7) is 6.10. The van der Waals surface area contributed by atoms with Crippen molar-refractivity contribution in [2.45, 2.75) is 33.2 Å². The molecule has 0 unspecified atom stereocenters. The summed E-state index contributed by atoms with van der Waals surface area (Å²) < 4.78 is 1.98. The summed E-state index contributed by atoms with van der Waals surface area (Å²) in [5.74, 6) is 0.867. The van der Waals surface area contributed by atoms with Crippen LogP contribution in [0.4, 0.5) is 5.82 Å². The zero-order valence-corrected chi connectivity index (χ0v) is 10.9. The first-order valence-electron chi connectivity index (χ1n) is 6.43. The molecule has 0 radical (unpaired) electrons. The lowest BCUT2D eigenvalue weighted by Crippen LogP contribution is -2.05. The van der Waals surface area contributed by atoms with Gasteiger partial charge < -0.3 is 5.32 Å². The van der Waals surface area contributed by atoms with Crippen LogP contribution in [-0.2, 0) is 6.54 Å². The summed E-state index contributed by atoms with van der Waals surface area (Å²) in [4.78, 5) is 8.53. The van der Waals surface area contributed by atoms with Crippen molar-refractivity contribution in [3.63, 3.8) is 0 Å². The smallest absolute Gasteiger partial charge is 0.130 e. The highest BCUT2D eigenvalue weighted by Crippen LogP contribution is 2.18. The minimum absolute atomic E-state index is 0.867. The fraction of sp³-hybridized carbons (Fsp3) is 0.462. The van der Waals surface area contributed by atoms with Gasteiger partial charge in [0.05, 0.1) is 11.4 Å². The molecule has 5 nitrogen and oxygen atoms in total. The van der Waals surface area contributed by atoms with E-state index in [-0.39, 0.29) is 0 Å². The van der Waals surface area contributed by atoms with Crippen molar-refractivity contribution >= 4 is 5.82 Å². The van der Waals surface area contributed by atoms with Crippen molar-refractivity contribution in [1.82, 2.24) is 19.7 Å². The Morgan fingerprint density at radius 2 is 2.11 bits per heavy atom. The molecular weight excluding hydrogens is 226 g/mol. The van der Waals surface area contributed by atoms with Gasteiger partial charge in [-0.15, -0.1) is 0 Å². The molecule has 0 atom stereocenters. The van der Waals surface area contributed by atoms with E-state index >= 15 is 0 Å². The van der Waals surface area contributed by atoms with Crippen molar-refractivity contribution in [3.05, 3.63) is 24.7 Å². The van der Waals surface area contributed by atoms with Crippen LogP contribution in [0.15, 0.2) is 24.7 Å². The van der Waals surface area contributed by atoms with E-state index in [1.807, 2.05) is 23.0 Å². The highest BCUT2D eigenvalue weighted by atomic mass is 15.3. The normalized spacial score (nSPS) is 10.6. The highest BCUT2D eigenvalue weighted by Gasteiger charge is 2.07. The SMILES string of the molecule is CCCNc1cc(-c2ccnn2CCC)ncn1. The molecule has 0 aromatic carbocycles. The first-order valence-corrected chi connectivity index (χ1v) is 6.43. The monoisotopic (exact) mass is 245 g/mol. The number of nitrogens with zero attached hydrogens (tertiary/aromatic N) is 4.